The van der Waals surface area contributed by atoms with E-state index in [1.165, 1.54) is 47.0 Å². The van der Waals surface area contributed by atoms with E-state index in [-0.39, 0.29) is 23.0 Å². The Labute approximate surface area is 215 Å². The zero-order valence-electron chi connectivity index (χ0n) is 19.8. The monoisotopic (exact) mass is 519 g/mol. The fraction of sp³-hybridized carbons (Fsp3) is 0.308. The van der Waals surface area contributed by atoms with Gasteiger partial charge in [-0.2, -0.15) is 5.10 Å². The molecule has 5 aromatic rings. The highest BCUT2D eigenvalue weighted by atomic mass is 35.5. The number of hydrogen-bond acceptors (Lipinski definition) is 5. The second-order valence-electron chi connectivity index (χ2n) is 9.73. The van der Waals surface area contributed by atoms with E-state index < -0.39 is 5.82 Å². The molecule has 0 atom stereocenters. The lowest BCUT2D eigenvalue weighted by Gasteiger charge is -2.27. The van der Waals surface area contributed by atoms with Gasteiger partial charge >= 0.3 is 0 Å². The molecule has 0 radical (unpaired) electrons. The summed E-state index contributed by atoms with van der Waals surface area (Å²) in [6, 6.07) is 3.76. The fourth-order valence-electron chi connectivity index (χ4n) is 4.84. The molecular weight excluding hydrogens is 497 g/mol. The van der Waals surface area contributed by atoms with Crippen LogP contribution in [0.2, 0.25) is 5.02 Å². The average molecular weight is 520 g/mol. The van der Waals surface area contributed by atoms with Gasteiger partial charge in [0.15, 0.2) is 5.82 Å². The number of carbonyl (C=O) groups is 1. The van der Waals surface area contributed by atoms with Crippen molar-refractivity contribution in [3.05, 3.63) is 88.4 Å². The largest absolute Gasteiger partial charge is 0.380 e. The number of nitrogens with zero attached hydrogens (tertiary/aromatic N) is 6. The third-order valence-corrected chi connectivity index (χ3v) is 7.37. The minimum absolute atomic E-state index is 0.00528. The van der Waals surface area contributed by atoms with Gasteiger partial charge < -0.3 is 18.9 Å². The molecular formula is C26H23ClFN7O2. The Morgan fingerprint density at radius 1 is 1.19 bits per heavy atom. The Balaban J connectivity index is 1.07. The van der Waals surface area contributed by atoms with Gasteiger partial charge in [-0.3, -0.25) is 9.48 Å². The van der Waals surface area contributed by atoms with E-state index in [2.05, 4.69) is 32.1 Å². The van der Waals surface area contributed by atoms with Crippen molar-refractivity contribution in [3.8, 4) is 0 Å². The number of rotatable bonds is 7. The van der Waals surface area contributed by atoms with Gasteiger partial charge in [0.05, 0.1) is 60.8 Å². The summed E-state index contributed by atoms with van der Waals surface area (Å²) in [5, 5.41) is 7.14. The first-order valence-electron chi connectivity index (χ1n) is 12.2. The van der Waals surface area contributed by atoms with E-state index in [4.69, 9.17) is 21.3 Å². The predicted molar refractivity (Wildman–Crippen MR) is 133 cm³/mol. The standard InChI is InChI=1S/C26H23ClFN7O2/c27-21-3-4-33-14-30-22(24(33)23(21)28)7-29-26(36)17-6-31-35(9-17)11-19-10-34-8-16(15-1-2-15)5-20(25(34)32-19)18-12-37-13-18/h3-6,8-10,14-15,18H,1-2,7,11-13H2,(H,29,36). The van der Waals surface area contributed by atoms with Crippen LogP contribution in [-0.4, -0.2) is 47.7 Å². The Morgan fingerprint density at radius 3 is 2.84 bits per heavy atom. The van der Waals surface area contributed by atoms with Crippen LogP contribution in [0.3, 0.4) is 0 Å². The van der Waals surface area contributed by atoms with Crippen molar-refractivity contribution < 1.29 is 13.9 Å². The van der Waals surface area contributed by atoms with E-state index in [9.17, 15) is 9.18 Å². The molecule has 1 aliphatic carbocycles. The molecule has 188 valence electrons. The first-order chi connectivity index (χ1) is 18.0. The molecule has 5 aromatic heterocycles. The fourth-order valence-corrected chi connectivity index (χ4v) is 4.99. The number of nitrogens with one attached hydrogen (secondary N) is 1. The molecule has 2 aliphatic rings. The van der Waals surface area contributed by atoms with Crippen molar-refractivity contribution in [3.63, 3.8) is 0 Å². The number of pyridine rings is 2. The molecule has 1 saturated heterocycles. The topological polar surface area (TPSA) is 90.8 Å². The molecule has 1 amide bonds. The highest BCUT2D eigenvalue weighted by molar-refractivity contribution is 6.31. The number of fused-ring (bicyclic) bond motifs is 2. The first-order valence-corrected chi connectivity index (χ1v) is 12.6. The summed E-state index contributed by atoms with van der Waals surface area (Å²) >= 11 is 5.90. The van der Waals surface area contributed by atoms with E-state index in [1.807, 2.05) is 6.20 Å². The zero-order valence-corrected chi connectivity index (χ0v) is 20.5. The van der Waals surface area contributed by atoms with Crippen LogP contribution in [-0.2, 0) is 17.8 Å². The number of imidazole rings is 2. The molecule has 1 N–H and O–H groups in total. The van der Waals surface area contributed by atoms with Gasteiger partial charge in [-0.25, -0.2) is 14.4 Å². The summed E-state index contributed by atoms with van der Waals surface area (Å²) in [5.74, 6) is 0.138. The van der Waals surface area contributed by atoms with Crippen LogP contribution >= 0.6 is 11.6 Å². The maximum absolute atomic E-state index is 14.5. The summed E-state index contributed by atoms with van der Waals surface area (Å²) < 4.78 is 25.2. The molecule has 2 fully saturated rings. The van der Waals surface area contributed by atoms with Gasteiger partial charge in [0, 0.05) is 36.3 Å². The third-order valence-electron chi connectivity index (χ3n) is 7.08. The summed E-state index contributed by atoms with van der Waals surface area (Å²) in [7, 11) is 0. The quantitative estimate of drug-likeness (QED) is 0.352. The summed E-state index contributed by atoms with van der Waals surface area (Å²) in [6.45, 7) is 1.96. The second kappa shape index (κ2) is 8.67. The van der Waals surface area contributed by atoms with Crippen molar-refractivity contribution in [1.82, 2.24) is 33.9 Å². The lowest BCUT2D eigenvalue weighted by atomic mass is 9.96. The Kier molecular flexibility index (Phi) is 5.26. The number of carbonyl (C=O) groups excluding carboxylic acids is 1. The summed E-state index contributed by atoms with van der Waals surface area (Å²) in [5.41, 5.74) is 5.46. The van der Waals surface area contributed by atoms with Crippen molar-refractivity contribution in [2.75, 3.05) is 13.2 Å². The molecule has 9 nitrogen and oxygen atoms in total. The van der Waals surface area contributed by atoms with E-state index >= 15 is 0 Å². The van der Waals surface area contributed by atoms with Gasteiger partial charge in [-0.15, -0.1) is 0 Å². The molecule has 7 rings (SSSR count). The SMILES string of the molecule is O=C(NCc1ncn2ccc(Cl)c(F)c12)c1cnn(Cc2cn3cc(C4CC4)cc(C4COC4)c3n2)c1. The van der Waals surface area contributed by atoms with Gasteiger partial charge in [-0.05, 0) is 36.5 Å². The van der Waals surface area contributed by atoms with Gasteiger partial charge in [0.25, 0.3) is 5.91 Å². The molecule has 0 unspecified atom stereocenters. The summed E-state index contributed by atoms with van der Waals surface area (Å²) in [4.78, 5) is 21.8. The Bertz CT molecular complexity index is 1660. The first kappa shape index (κ1) is 22.4. The molecule has 1 saturated carbocycles. The molecule has 0 spiro atoms. The number of aromatic nitrogens is 6. The smallest absolute Gasteiger partial charge is 0.254 e. The van der Waals surface area contributed by atoms with Gasteiger partial charge in [-0.1, -0.05) is 11.6 Å². The van der Waals surface area contributed by atoms with E-state index in [0.29, 0.717) is 29.6 Å². The van der Waals surface area contributed by atoms with Crippen molar-refractivity contribution in [2.24, 2.45) is 0 Å². The number of hydrogen-bond donors (Lipinski definition) is 1. The van der Waals surface area contributed by atoms with Crippen LogP contribution in [0.4, 0.5) is 4.39 Å². The second-order valence-corrected chi connectivity index (χ2v) is 10.1. The average Bonchev–Trinajstić information content (AvgIpc) is 3.26. The summed E-state index contributed by atoms with van der Waals surface area (Å²) in [6.07, 6.45) is 13.0. The molecule has 37 heavy (non-hydrogen) atoms. The van der Waals surface area contributed by atoms with E-state index in [0.717, 1.165) is 24.6 Å². The Morgan fingerprint density at radius 2 is 2.05 bits per heavy atom. The molecule has 6 heterocycles. The minimum Gasteiger partial charge on any atom is -0.380 e. The molecule has 0 aromatic carbocycles. The number of amides is 1. The predicted octanol–water partition coefficient (Wildman–Crippen LogP) is 3.94. The highest BCUT2D eigenvalue weighted by Gasteiger charge is 2.29. The van der Waals surface area contributed by atoms with Crippen molar-refractivity contribution in [1.29, 1.82) is 0 Å². The maximum atomic E-state index is 14.5. The van der Waals surface area contributed by atoms with Gasteiger partial charge in [0.2, 0.25) is 0 Å². The Hall–Kier alpha value is -3.76. The van der Waals surface area contributed by atoms with Crippen LogP contribution in [0.15, 0.2) is 49.4 Å². The molecule has 11 heteroatoms. The van der Waals surface area contributed by atoms with Crippen LogP contribution in [0.25, 0.3) is 11.2 Å². The third kappa shape index (κ3) is 4.06. The lowest BCUT2D eigenvalue weighted by molar-refractivity contribution is 0.00877. The normalized spacial score (nSPS) is 15.9. The lowest BCUT2D eigenvalue weighted by Crippen LogP contribution is -2.25. The van der Waals surface area contributed by atoms with Crippen molar-refractivity contribution >= 4 is 28.7 Å². The van der Waals surface area contributed by atoms with Crippen LogP contribution in [0.5, 0.6) is 0 Å². The van der Waals surface area contributed by atoms with Crippen molar-refractivity contribution in [2.45, 2.75) is 37.8 Å². The van der Waals surface area contributed by atoms with Crippen LogP contribution < -0.4 is 5.32 Å². The van der Waals surface area contributed by atoms with Crippen LogP contribution in [0.1, 0.15) is 57.6 Å². The number of ether oxygens (including phenoxy) is 1. The van der Waals surface area contributed by atoms with Crippen LogP contribution in [0, 0.1) is 5.82 Å². The molecule has 1 aliphatic heterocycles. The van der Waals surface area contributed by atoms with Gasteiger partial charge in [0.1, 0.15) is 11.2 Å². The molecule has 0 bridgehead atoms. The highest BCUT2D eigenvalue weighted by Crippen LogP contribution is 2.42. The zero-order chi connectivity index (χ0) is 25.1. The maximum Gasteiger partial charge on any atom is 0.254 e. The number of halogens is 2. The minimum atomic E-state index is -0.566. The van der Waals surface area contributed by atoms with E-state index in [1.54, 1.807) is 17.1 Å².